The molecule has 0 aliphatic carbocycles. The highest BCUT2D eigenvalue weighted by Crippen LogP contribution is 2.35. The van der Waals surface area contributed by atoms with Crippen LogP contribution in [0, 0.1) is 23.7 Å². The first-order valence-corrected chi connectivity index (χ1v) is 26.7. The Hall–Kier alpha value is -7.92. The van der Waals surface area contributed by atoms with Gasteiger partial charge in [-0.3, -0.25) is 0 Å². The molecule has 12 aromatic rings. The minimum absolute atomic E-state index is 0.948. The number of hydrogen-bond donors (Lipinski definition) is 0. The zero-order chi connectivity index (χ0) is 48.4. The third kappa shape index (κ3) is 8.50. The number of benzene rings is 8. The van der Waals surface area contributed by atoms with Crippen molar-refractivity contribution in [3.05, 3.63) is 192 Å². The zero-order valence-corrected chi connectivity index (χ0v) is 41.9. The Labute approximate surface area is 423 Å². The van der Waals surface area contributed by atoms with Gasteiger partial charge in [0.25, 0.3) is 0 Å². The smallest absolute Gasteiger partial charge is 0.0492 e. The van der Waals surface area contributed by atoms with Gasteiger partial charge in [-0.25, -0.2) is 0 Å². The predicted molar refractivity (Wildman–Crippen MR) is 307 cm³/mol. The lowest BCUT2D eigenvalue weighted by Crippen LogP contribution is -2.02. The summed E-state index contributed by atoms with van der Waals surface area (Å²) in [5.74, 6) is 14.2. The van der Waals surface area contributed by atoms with Crippen molar-refractivity contribution in [2.24, 2.45) is 0 Å². The third-order valence-electron chi connectivity index (χ3n) is 15.3. The average molecular weight is 935 g/mol. The highest BCUT2D eigenvalue weighted by molar-refractivity contribution is 6.11. The van der Waals surface area contributed by atoms with Crippen molar-refractivity contribution in [2.45, 2.75) is 104 Å². The summed E-state index contributed by atoms with van der Waals surface area (Å²) in [5, 5.41) is 10.3. The van der Waals surface area contributed by atoms with E-state index >= 15 is 0 Å². The third-order valence-corrected chi connectivity index (χ3v) is 15.3. The van der Waals surface area contributed by atoms with E-state index in [1.807, 2.05) is 0 Å². The largest absolute Gasteiger partial charge is 0.340 e. The van der Waals surface area contributed by atoms with Gasteiger partial charge in [-0.1, -0.05) is 149 Å². The molecule has 4 heteroatoms. The van der Waals surface area contributed by atoms with E-state index in [1.54, 1.807) is 0 Å². The SMILES string of the molecule is CCCCCCn1c2ccccc2c2cc(C#Cc3ccc4c(c3)c3ccccc3n4CCCCn3c4ccccc4c4cc(C#Cc5ccc6c(c5)c5ccccc5n6CCCCCC)ccc43)ccc21. The van der Waals surface area contributed by atoms with Crippen LogP contribution < -0.4 is 0 Å². The second-order valence-electron chi connectivity index (χ2n) is 19.9. The maximum Gasteiger partial charge on any atom is 0.0492 e. The van der Waals surface area contributed by atoms with Gasteiger partial charge >= 0.3 is 0 Å². The van der Waals surface area contributed by atoms with Crippen LogP contribution in [-0.4, -0.2) is 18.3 Å². The fourth-order valence-corrected chi connectivity index (χ4v) is 11.7. The van der Waals surface area contributed by atoms with E-state index in [0.717, 1.165) is 61.3 Å². The first-order valence-electron chi connectivity index (χ1n) is 26.7. The monoisotopic (exact) mass is 934 g/mol. The van der Waals surface area contributed by atoms with Crippen LogP contribution in [0.4, 0.5) is 0 Å². The Kier molecular flexibility index (Phi) is 12.6. The summed E-state index contributed by atoms with van der Waals surface area (Å²) in [6, 6.07) is 62.5. The molecule has 0 N–H and O–H groups in total. The second-order valence-corrected chi connectivity index (χ2v) is 19.9. The van der Waals surface area contributed by atoms with E-state index in [4.69, 9.17) is 0 Å². The van der Waals surface area contributed by atoms with Gasteiger partial charge in [0.05, 0.1) is 0 Å². The molecule has 0 aliphatic heterocycles. The molecule has 0 aliphatic rings. The summed E-state index contributed by atoms with van der Waals surface area (Å²) in [5.41, 5.74) is 14.5. The van der Waals surface area contributed by atoms with Gasteiger partial charge in [-0.2, -0.15) is 0 Å². The van der Waals surface area contributed by atoms with Crippen LogP contribution in [0.3, 0.4) is 0 Å². The average Bonchev–Trinajstić information content (AvgIpc) is 4.13. The molecule has 0 unspecified atom stereocenters. The van der Waals surface area contributed by atoms with Crippen molar-refractivity contribution >= 4 is 87.2 Å². The van der Waals surface area contributed by atoms with E-state index < -0.39 is 0 Å². The van der Waals surface area contributed by atoms with Crippen molar-refractivity contribution in [1.82, 2.24) is 18.3 Å². The number of para-hydroxylation sites is 4. The Morgan fingerprint density at radius 3 is 0.750 bits per heavy atom. The van der Waals surface area contributed by atoms with Gasteiger partial charge in [0.2, 0.25) is 0 Å². The van der Waals surface area contributed by atoms with E-state index in [2.05, 4.69) is 226 Å². The van der Waals surface area contributed by atoms with E-state index in [0.29, 0.717) is 0 Å². The number of unbranched alkanes of at least 4 members (excludes halogenated alkanes) is 7. The first-order chi connectivity index (χ1) is 35.6. The lowest BCUT2D eigenvalue weighted by molar-refractivity contribution is 0.583. The van der Waals surface area contributed by atoms with E-state index in [9.17, 15) is 0 Å². The maximum absolute atomic E-state index is 3.55. The van der Waals surface area contributed by atoms with Gasteiger partial charge in [0.1, 0.15) is 0 Å². The molecule has 4 aromatic heterocycles. The summed E-state index contributed by atoms with van der Waals surface area (Å²) in [7, 11) is 0. The zero-order valence-electron chi connectivity index (χ0n) is 41.9. The number of nitrogens with zero attached hydrogens (tertiary/aromatic N) is 4. The van der Waals surface area contributed by atoms with Crippen LogP contribution in [0.2, 0.25) is 0 Å². The Morgan fingerprint density at radius 1 is 0.250 bits per heavy atom. The highest BCUT2D eigenvalue weighted by Gasteiger charge is 2.15. The predicted octanol–water partition coefficient (Wildman–Crippen LogP) is 17.6. The van der Waals surface area contributed by atoms with Crippen molar-refractivity contribution < 1.29 is 0 Å². The molecule has 8 aromatic carbocycles. The molecule has 0 atom stereocenters. The fraction of sp³-hybridized carbons (Fsp3) is 0.235. The minimum atomic E-state index is 0.948. The van der Waals surface area contributed by atoms with Crippen LogP contribution >= 0.6 is 0 Å². The quantitative estimate of drug-likeness (QED) is 0.0721. The van der Waals surface area contributed by atoms with Crippen molar-refractivity contribution in [3.63, 3.8) is 0 Å². The van der Waals surface area contributed by atoms with Gasteiger partial charge in [0, 0.05) is 136 Å². The van der Waals surface area contributed by atoms with Gasteiger partial charge in [-0.05, 0) is 123 Å². The standard InChI is InChI=1S/C68H62N4/c1-3-5-7-17-41-69-61-25-13-9-21-53(61)57-45-49(33-37-65(57)69)29-31-51-35-39-67-59(47-51)55-23-11-15-27-63(55)71(67)43-19-20-44-72-64-28-16-12-24-56(64)60-48-52(36-40-68(60)72)32-30-50-34-38-66-58(46-50)54-22-10-14-26-62(54)70(66)42-18-8-6-4-2/h9-16,21-28,33-40,45-48H,3-8,17-20,41-44H2,1-2H3. The molecule has 72 heavy (non-hydrogen) atoms. The van der Waals surface area contributed by atoms with E-state index in [1.165, 1.54) is 139 Å². The maximum atomic E-state index is 3.55. The molecule has 0 radical (unpaired) electrons. The number of fused-ring (bicyclic) bond motifs is 12. The molecule has 0 spiro atoms. The topological polar surface area (TPSA) is 19.7 Å². The number of aromatic nitrogens is 4. The highest BCUT2D eigenvalue weighted by atomic mass is 15.0. The molecule has 4 nitrogen and oxygen atoms in total. The van der Waals surface area contributed by atoms with Crippen LogP contribution in [0.1, 0.15) is 100 Å². The Bertz CT molecular complexity index is 3840. The molecule has 0 saturated heterocycles. The Balaban J connectivity index is 0.767. The molecule has 12 rings (SSSR count). The lowest BCUT2D eigenvalue weighted by Gasteiger charge is -2.10. The molecular formula is C68H62N4. The fourth-order valence-electron chi connectivity index (χ4n) is 11.7. The molecular weight excluding hydrogens is 873 g/mol. The van der Waals surface area contributed by atoms with Crippen molar-refractivity contribution in [3.8, 4) is 23.7 Å². The summed E-state index contributed by atoms with van der Waals surface area (Å²) < 4.78 is 10.1. The minimum Gasteiger partial charge on any atom is -0.340 e. The molecule has 0 amide bonds. The normalized spacial score (nSPS) is 11.8. The summed E-state index contributed by atoms with van der Waals surface area (Å²) in [6.07, 6.45) is 12.2. The van der Waals surface area contributed by atoms with Crippen LogP contribution in [-0.2, 0) is 26.2 Å². The molecule has 0 saturated carbocycles. The van der Waals surface area contributed by atoms with Crippen LogP contribution in [0.5, 0.6) is 0 Å². The summed E-state index contributed by atoms with van der Waals surface area (Å²) >= 11 is 0. The van der Waals surface area contributed by atoms with Gasteiger partial charge in [0.15, 0.2) is 0 Å². The van der Waals surface area contributed by atoms with Crippen LogP contribution in [0.25, 0.3) is 87.2 Å². The van der Waals surface area contributed by atoms with E-state index in [-0.39, 0.29) is 0 Å². The Morgan fingerprint density at radius 2 is 0.486 bits per heavy atom. The lowest BCUT2D eigenvalue weighted by atomic mass is 10.1. The molecule has 4 heterocycles. The molecule has 354 valence electrons. The van der Waals surface area contributed by atoms with Crippen molar-refractivity contribution in [1.29, 1.82) is 0 Å². The number of aryl methyl sites for hydroxylation is 4. The number of rotatable bonds is 15. The van der Waals surface area contributed by atoms with Gasteiger partial charge < -0.3 is 18.3 Å². The van der Waals surface area contributed by atoms with Crippen molar-refractivity contribution in [2.75, 3.05) is 0 Å². The summed E-state index contributed by atoms with van der Waals surface area (Å²) in [6.45, 7) is 8.55. The molecule has 0 fully saturated rings. The number of hydrogen-bond acceptors (Lipinski definition) is 0. The molecule has 0 bridgehead atoms. The van der Waals surface area contributed by atoms with Gasteiger partial charge in [-0.15, -0.1) is 0 Å². The summed E-state index contributed by atoms with van der Waals surface area (Å²) in [4.78, 5) is 0. The first kappa shape index (κ1) is 45.2. The van der Waals surface area contributed by atoms with Crippen LogP contribution in [0.15, 0.2) is 170 Å². The second kappa shape index (κ2) is 20.1.